The second-order valence-corrected chi connectivity index (χ2v) is 11.5. The number of hydrogen-bond acceptors (Lipinski definition) is 6. The minimum atomic E-state index is -1.69. The summed E-state index contributed by atoms with van der Waals surface area (Å²) in [7, 11) is 1.29. The fraction of sp³-hybridized carbons (Fsp3) is 0.233. The Balaban J connectivity index is 1.52. The monoisotopic (exact) mass is 599 g/mol. The first-order chi connectivity index (χ1) is 19.1. The van der Waals surface area contributed by atoms with Crippen LogP contribution in [0.3, 0.4) is 0 Å². The van der Waals surface area contributed by atoms with Crippen LogP contribution in [-0.4, -0.2) is 35.2 Å². The van der Waals surface area contributed by atoms with Crippen LogP contribution < -0.4 is 5.32 Å². The van der Waals surface area contributed by atoms with Gasteiger partial charge >= 0.3 is 11.9 Å². The van der Waals surface area contributed by atoms with E-state index in [0.717, 1.165) is 17.7 Å². The van der Waals surface area contributed by atoms with Crippen LogP contribution >= 0.6 is 34.8 Å². The smallest absolute Gasteiger partial charge is 0.337 e. The molecule has 0 saturated carbocycles. The first kappa shape index (κ1) is 29.5. The fourth-order valence-electron chi connectivity index (χ4n) is 4.58. The molecule has 2 aromatic carbocycles. The number of nitrogens with zero attached hydrogens (tertiary/aromatic N) is 2. The van der Waals surface area contributed by atoms with Gasteiger partial charge in [0.2, 0.25) is 3.79 Å². The Morgan fingerprint density at radius 3 is 2.38 bits per heavy atom. The summed E-state index contributed by atoms with van der Waals surface area (Å²) >= 11 is 18.4. The number of nitrogens with one attached hydrogen (secondary N) is 1. The molecule has 0 amide bonds. The Morgan fingerprint density at radius 1 is 1.05 bits per heavy atom. The van der Waals surface area contributed by atoms with E-state index in [-0.39, 0.29) is 17.8 Å². The Bertz CT molecular complexity index is 1470. The molecule has 1 unspecified atom stereocenters. The number of dihydropyridines is 1. The predicted octanol–water partition coefficient (Wildman–Crippen LogP) is 6.42. The van der Waals surface area contributed by atoms with Gasteiger partial charge in [-0.2, -0.15) is 0 Å². The van der Waals surface area contributed by atoms with Crippen molar-refractivity contribution in [3.63, 3.8) is 0 Å². The highest BCUT2D eigenvalue weighted by molar-refractivity contribution is 6.66. The van der Waals surface area contributed by atoms with E-state index in [1.807, 2.05) is 41.1 Å². The molecule has 208 valence electrons. The van der Waals surface area contributed by atoms with Crippen LogP contribution in [0.2, 0.25) is 0 Å². The van der Waals surface area contributed by atoms with Crippen molar-refractivity contribution < 1.29 is 19.1 Å². The van der Waals surface area contributed by atoms with E-state index in [4.69, 9.17) is 44.3 Å². The van der Waals surface area contributed by atoms with Crippen molar-refractivity contribution in [2.24, 2.45) is 0 Å². The highest BCUT2D eigenvalue weighted by atomic mass is 35.6. The lowest BCUT2D eigenvalue weighted by Crippen LogP contribution is -2.32. The van der Waals surface area contributed by atoms with Gasteiger partial charge in [-0.15, -0.1) is 0 Å². The SMILES string of the molecule is COC(=O)C1=C(C)NC(C)=C(C(=O)OCC=Cc2ccc(Cn3ccnc3)cc2)C1c1cccc(C(Cl)(Cl)Cl)c1. The summed E-state index contributed by atoms with van der Waals surface area (Å²) in [5, 5.41) is 3.11. The zero-order valence-corrected chi connectivity index (χ0v) is 24.4. The van der Waals surface area contributed by atoms with Crippen molar-refractivity contribution in [2.75, 3.05) is 13.7 Å². The maximum absolute atomic E-state index is 13.4. The van der Waals surface area contributed by atoms with Crippen LogP contribution in [-0.2, 0) is 29.4 Å². The normalized spacial score (nSPS) is 15.8. The van der Waals surface area contributed by atoms with Crippen LogP contribution in [0.4, 0.5) is 0 Å². The molecular formula is C30H28Cl3N3O4. The van der Waals surface area contributed by atoms with E-state index in [2.05, 4.69) is 10.3 Å². The van der Waals surface area contributed by atoms with E-state index < -0.39 is 21.6 Å². The van der Waals surface area contributed by atoms with Crippen LogP contribution in [0, 0.1) is 0 Å². The van der Waals surface area contributed by atoms with Gasteiger partial charge in [0.05, 0.1) is 30.5 Å². The lowest BCUT2D eigenvalue weighted by molar-refractivity contribution is -0.138. The average molecular weight is 601 g/mol. The number of aromatic nitrogens is 2. The van der Waals surface area contributed by atoms with Crippen LogP contribution in [0.25, 0.3) is 6.08 Å². The summed E-state index contributed by atoms with van der Waals surface area (Å²) in [5.74, 6) is -1.95. The molecule has 7 nitrogen and oxygen atoms in total. The molecule has 1 aliphatic rings. The number of esters is 2. The van der Waals surface area contributed by atoms with Crippen LogP contribution in [0.1, 0.15) is 42.0 Å². The predicted molar refractivity (Wildman–Crippen MR) is 157 cm³/mol. The quantitative estimate of drug-likeness (QED) is 0.237. The van der Waals surface area contributed by atoms with Crippen LogP contribution in [0.5, 0.6) is 0 Å². The summed E-state index contributed by atoms with van der Waals surface area (Å²) in [6.45, 7) is 4.26. The third-order valence-electron chi connectivity index (χ3n) is 6.46. The average Bonchev–Trinajstić information content (AvgIpc) is 3.44. The fourth-order valence-corrected chi connectivity index (χ4v) is 4.94. The largest absolute Gasteiger partial charge is 0.466 e. The van der Waals surface area contributed by atoms with E-state index in [1.165, 1.54) is 7.11 Å². The molecule has 0 saturated heterocycles. The van der Waals surface area contributed by atoms with Crippen LogP contribution in [0.15, 0.2) is 95.9 Å². The minimum absolute atomic E-state index is 0.0313. The number of hydrogen-bond donors (Lipinski definition) is 1. The molecule has 0 bridgehead atoms. The summed E-state index contributed by atoms with van der Waals surface area (Å²) in [6.07, 6.45) is 9.07. The molecule has 1 atom stereocenters. The zero-order valence-electron chi connectivity index (χ0n) is 22.2. The number of carbonyl (C=O) groups excluding carboxylic acids is 2. The molecule has 40 heavy (non-hydrogen) atoms. The van der Waals surface area contributed by atoms with Crippen molar-refractivity contribution in [2.45, 2.75) is 30.1 Å². The third kappa shape index (κ3) is 6.97. The molecule has 3 aromatic rings. The first-order valence-electron chi connectivity index (χ1n) is 12.4. The maximum atomic E-state index is 13.4. The van der Waals surface area contributed by atoms with Gasteiger partial charge in [0, 0.05) is 35.9 Å². The molecule has 1 aliphatic heterocycles. The number of rotatable bonds is 8. The van der Waals surface area contributed by atoms with E-state index in [0.29, 0.717) is 22.5 Å². The molecule has 0 fully saturated rings. The van der Waals surface area contributed by atoms with Gasteiger partial charge in [0.25, 0.3) is 0 Å². The van der Waals surface area contributed by atoms with Gasteiger partial charge in [0.15, 0.2) is 0 Å². The first-order valence-corrected chi connectivity index (χ1v) is 13.5. The standard InChI is InChI=1S/C30H28Cl3N3O4/c1-19-25(28(37)39-3)27(23-7-4-8-24(16-23)30(31,32)33)26(20(2)35-19)29(38)40-15-5-6-21-9-11-22(12-10-21)17-36-14-13-34-18-36/h4-14,16,18,27,35H,15,17H2,1-3H3. The number of allylic oxidation sites excluding steroid dienone is 2. The summed E-state index contributed by atoms with van der Waals surface area (Å²) in [4.78, 5) is 30.3. The molecule has 1 N–H and O–H groups in total. The third-order valence-corrected chi connectivity index (χ3v) is 7.11. The Morgan fingerprint density at radius 2 is 1.75 bits per heavy atom. The summed E-state index contributed by atoms with van der Waals surface area (Å²) < 4.78 is 11.0. The van der Waals surface area contributed by atoms with Crippen molar-refractivity contribution in [1.82, 2.24) is 14.9 Å². The topological polar surface area (TPSA) is 82.5 Å². The second-order valence-electron chi connectivity index (χ2n) is 9.23. The number of imidazole rings is 1. The number of carbonyl (C=O) groups is 2. The van der Waals surface area contributed by atoms with E-state index >= 15 is 0 Å². The van der Waals surface area contributed by atoms with Crippen molar-refractivity contribution in [3.05, 3.63) is 118 Å². The Labute approximate surface area is 248 Å². The number of halogens is 3. The molecule has 2 heterocycles. The molecule has 0 radical (unpaired) electrons. The van der Waals surface area contributed by atoms with Crippen molar-refractivity contribution in [3.8, 4) is 0 Å². The van der Waals surface area contributed by atoms with E-state index in [1.54, 1.807) is 56.7 Å². The molecule has 1 aromatic heterocycles. The van der Waals surface area contributed by atoms with Crippen molar-refractivity contribution >= 4 is 52.8 Å². The second kappa shape index (κ2) is 12.8. The van der Waals surface area contributed by atoms with Gasteiger partial charge in [-0.3, -0.25) is 0 Å². The molecule has 10 heteroatoms. The maximum Gasteiger partial charge on any atom is 0.337 e. The highest BCUT2D eigenvalue weighted by Crippen LogP contribution is 2.43. The van der Waals surface area contributed by atoms with Gasteiger partial charge in [0.1, 0.15) is 6.61 Å². The van der Waals surface area contributed by atoms with E-state index in [9.17, 15) is 9.59 Å². The Hall–Kier alpha value is -3.52. The number of benzene rings is 2. The highest BCUT2D eigenvalue weighted by Gasteiger charge is 2.38. The lowest BCUT2D eigenvalue weighted by atomic mass is 9.80. The number of ether oxygens (including phenoxy) is 2. The summed E-state index contributed by atoms with van der Waals surface area (Å²) in [5.41, 5.74) is 4.75. The van der Waals surface area contributed by atoms with Crippen molar-refractivity contribution in [1.29, 1.82) is 0 Å². The zero-order chi connectivity index (χ0) is 28.9. The Kier molecular flexibility index (Phi) is 9.40. The number of methoxy groups -OCH3 is 1. The minimum Gasteiger partial charge on any atom is -0.466 e. The summed E-state index contributed by atoms with van der Waals surface area (Å²) in [6, 6.07) is 14.9. The molecular weight excluding hydrogens is 573 g/mol. The molecule has 0 aliphatic carbocycles. The van der Waals surface area contributed by atoms with Gasteiger partial charge < -0.3 is 19.4 Å². The van der Waals surface area contributed by atoms with Gasteiger partial charge in [-0.25, -0.2) is 14.6 Å². The lowest BCUT2D eigenvalue weighted by Gasteiger charge is -2.30. The molecule has 0 spiro atoms. The molecule has 4 rings (SSSR count). The van der Waals surface area contributed by atoms with Gasteiger partial charge in [-0.05, 0) is 36.6 Å². The van der Waals surface area contributed by atoms with Gasteiger partial charge in [-0.1, -0.05) is 89.4 Å². The number of alkyl halides is 3.